The molecule has 0 fully saturated rings. The van der Waals surface area contributed by atoms with Gasteiger partial charge in [-0.1, -0.05) is 0 Å². The second kappa shape index (κ2) is 2.18. The van der Waals surface area contributed by atoms with Gasteiger partial charge in [-0.2, -0.15) is 0 Å². The Kier molecular flexibility index (Phi) is 1.30. The quantitative estimate of drug-likeness (QED) is 0.464. The number of fused-ring (bicyclic) bond motifs is 1. The molecule has 2 atom stereocenters. The number of hydroxylamine groups is 2. The van der Waals surface area contributed by atoms with Gasteiger partial charge in [0.1, 0.15) is 6.20 Å². The zero-order chi connectivity index (χ0) is 7.84. The third kappa shape index (κ3) is 0.961. The zero-order valence-electron chi connectivity index (χ0n) is 5.67. The van der Waals surface area contributed by atoms with Crippen molar-refractivity contribution in [2.45, 2.75) is 6.17 Å². The molecule has 0 aromatic heterocycles. The summed E-state index contributed by atoms with van der Waals surface area (Å²) in [5, 5.41) is 13.6. The molecule has 0 aromatic rings. The van der Waals surface area contributed by atoms with E-state index in [2.05, 4.69) is 5.32 Å². The van der Waals surface area contributed by atoms with Gasteiger partial charge in [-0.15, -0.1) is 0 Å². The predicted molar refractivity (Wildman–Crippen MR) is 37.7 cm³/mol. The molecule has 11 heavy (non-hydrogen) atoms. The lowest BCUT2D eigenvalue weighted by Gasteiger charge is -2.28. The monoisotopic (exact) mass is 154 g/mol. The summed E-state index contributed by atoms with van der Waals surface area (Å²) < 4.78 is 12.6. The molecule has 3 nitrogen and oxygen atoms in total. The molecule has 0 bridgehead atoms. The predicted octanol–water partition coefficient (Wildman–Crippen LogP) is -0.437. The van der Waals surface area contributed by atoms with E-state index in [4.69, 9.17) is 0 Å². The number of allylic oxidation sites excluding steroid dienone is 2. The van der Waals surface area contributed by atoms with Crippen molar-refractivity contribution >= 4 is 0 Å². The molecule has 2 rings (SSSR count). The smallest absolute Gasteiger partial charge is 0.191 e. The van der Waals surface area contributed by atoms with Gasteiger partial charge in [0.05, 0.1) is 0 Å². The first-order chi connectivity index (χ1) is 5.27. The van der Waals surface area contributed by atoms with Crippen molar-refractivity contribution in [2.24, 2.45) is 0 Å². The molecule has 2 aliphatic rings. The Morgan fingerprint density at radius 3 is 3.27 bits per heavy atom. The minimum Gasteiger partial charge on any atom is -0.627 e. The van der Waals surface area contributed by atoms with Crippen LogP contribution in [0.15, 0.2) is 36.0 Å². The lowest BCUT2D eigenvalue weighted by atomic mass is 10.2. The van der Waals surface area contributed by atoms with E-state index < -0.39 is 5.83 Å². The van der Waals surface area contributed by atoms with Crippen LogP contribution in [0.1, 0.15) is 0 Å². The van der Waals surface area contributed by atoms with Crippen LogP contribution in [0.3, 0.4) is 0 Å². The van der Waals surface area contributed by atoms with Crippen molar-refractivity contribution < 1.29 is 9.45 Å². The molecule has 2 unspecified atom stereocenters. The van der Waals surface area contributed by atoms with Crippen LogP contribution >= 0.6 is 0 Å². The van der Waals surface area contributed by atoms with Crippen molar-refractivity contribution in [3.05, 3.63) is 41.2 Å². The number of halogens is 1. The normalized spacial score (nSPS) is 34.0. The molecule has 0 radical (unpaired) electrons. The van der Waals surface area contributed by atoms with E-state index in [0.29, 0.717) is 5.57 Å². The van der Waals surface area contributed by atoms with Gasteiger partial charge >= 0.3 is 0 Å². The van der Waals surface area contributed by atoms with Crippen molar-refractivity contribution in [3.63, 3.8) is 0 Å². The summed E-state index contributed by atoms with van der Waals surface area (Å²) in [6.07, 6.45) is 5.39. The lowest BCUT2D eigenvalue weighted by Crippen LogP contribution is -3.09. The molecular weight excluding hydrogens is 147 g/mol. The largest absolute Gasteiger partial charge is 0.627 e. The van der Waals surface area contributed by atoms with E-state index in [9.17, 15) is 9.60 Å². The van der Waals surface area contributed by atoms with Gasteiger partial charge in [-0.25, -0.2) is 4.39 Å². The van der Waals surface area contributed by atoms with Gasteiger partial charge in [0.25, 0.3) is 0 Å². The van der Waals surface area contributed by atoms with Crippen molar-refractivity contribution in [2.75, 3.05) is 0 Å². The lowest BCUT2D eigenvalue weighted by molar-refractivity contribution is -0.818. The topological polar surface area (TPSA) is 39.5 Å². The fourth-order valence-corrected chi connectivity index (χ4v) is 1.23. The minimum absolute atomic E-state index is 0.218. The second-order valence-corrected chi connectivity index (χ2v) is 2.51. The molecule has 58 valence electrons. The van der Waals surface area contributed by atoms with Crippen molar-refractivity contribution in [1.82, 2.24) is 5.32 Å². The first-order valence-electron chi connectivity index (χ1n) is 3.32. The van der Waals surface area contributed by atoms with E-state index in [-0.39, 0.29) is 11.2 Å². The van der Waals surface area contributed by atoms with Crippen LogP contribution in [0.2, 0.25) is 0 Å². The van der Waals surface area contributed by atoms with Crippen molar-refractivity contribution in [3.8, 4) is 0 Å². The van der Waals surface area contributed by atoms with Crippen LogP contribution in [0, 0.1) is 5.21 Å². The summed E-state index contributed by atoms with van der Waals surface area (Å²) in [4.78, 5) is 0. The van der Waals surface area contributed by atoms with Crippen LogP contribution in [-0.2, 0) is 0 Å². The molecule has 4 heteroatoms. The highest BCUT2D eigenvalue weighted by Crippen LogP contribution is 2.13. The van der Waals surface area contributed by atoms with Gasteiger partial charge in [0.2, 0.25) is 0 Å². The molecule has 2 aliphatic heterocycles. The van der Waals surface area contributed by atoms with E-state index >= 15 is 0 Å². The summed E-state index contributed by atoms with van der Waals surface area (Å²) in [6.45, 7) is 0. The maximum absolute atomic E-state index is 12.6. The van der Waals surface area contributed by atoms with Gasteiger partial charge < -0.3 is 15.6 Å². The Labute approximate surface area is 63.1 Å². The summed E-state index contributed by atoms with van der Waals surface area (Å²) in [7, 11) is 0. The second-order valence-electron chi connectivity index (χ2n) is 2.51. The number of hydrogen-bond donors (Lipinski definition) is 2. The molecule has 0 amide bonds. The summed E-state index contributed by atoms with van der Waals surface area (Å²) >= 11 is 0. The highest BCUT2D eigenvalue weighted by atomic mass is 19.1. The number of rotatable bonds is 0. The Hall–Kier alpha value is -1.13. The van der Waals surface area contributed by atoms with Crippen LogP contribution in [0.5, 0.6) is 0 Å². The maximum atomic E-state index is 12.6. The number of nitrogens with one attached hydrogen (secondary N) is 2. The first-order valence-corrected chi connectivity index (χ1v) is 3.32. The number of quaternary nitrogens is 1. The van der Waals surface area contributed by atoms with Crippen LogP contribution in [0.4, 0.5) is 4.39 Å². The summed E-state index contributed by atoms with van der Waals surface area (Å²) in [6, 6.07) is 0. The van der Waals surface area contributed by atoms with Gasteiger partial charge in [-0.3, -0.25) is 0 Å². The third-order valence-electron chi connectivity index (χ3n) is 1.74. The Morgan fingerprint density at radius 2 is 2.45 bits per heavy atom. The van der Waals surface area contributed by atoms with Gasteiger partial charge in [0.15, 0.2) is 12.0 Å². The Bertz CT molecular complexity index is 270. The molecule has 0 spiro atoms. The highest BCUT2D eigenvalue weighted by molar-refractivity contribution is 5.34. The van der Waals surface area contributed by atoms with Gasteiger partial charge in [-0.05, 0) is 12.2 Å². The van der Waals surface area contributed by atoms with Crippen LogP contribution in [-0.4, -0.2) is 6.17 Å². The average Bonchev–Trinajstić information content (AvgIpc) is 2.34. The maximum Gasteiger partial charge on any atom is 0.191 e. The Morgan fingerprint density at radius 1 is 1.64 bits per heavy atom. The molecule has 0 aliphatic carbocycles. The first kappa shape index (κ1) is 6.57. The zero-order valence-corrected chi connectivity index (χ0v) is 5.67. The minimum atomic E-state index is -0.463. The summed E-state index contributed by atoms with van der Waals surface area (Å²) in [5.74, 6) is -0.463. The van der Waals surface area contributed by atoms with E-state index in [1.165, 1.54) is 6.08 Å². The Balaban J connectivity index is 2.35. The van der Waals surface area contributed by atoms with E-state index in [0.717, 1.165) is 6.20 Å². The van der Waals surface area contributed by atoms with Crippen LogP contribution in [0.25, 0.3) is 0 Å². The molecule has 0 aromatic carbocycles. The average molecular weight is 154 g/mol. The van der Waals surface area contributed by atoms with Crippen LogP contribution < -0.4 is 10.4 Å². The van der Waals surface area contributed by atoms with Crippen molar-refractivity contribution in [1.29, 1.82) is 0 Å². The molecular formula is C7H7FN2O. The standard InChI is InChI=1S/C7H7FN2O/c8-6-3-5-1-2-9-7(5)10(11)4-6/h1-4,7,9-10H. The molecule has 0 saturated heterocycles. The molecule has 2 heterocycles. The van der Waals surface area contributed by atoms with Gasteiger partial charge in [0, 0.05) is 11.8 Å². The van der Waals surface area contributed by atoms with E-state index in [1.54, 1.807) is 12.3 Å². The number of hydrogen-bond acceptors (Lipinski definition) is 2. The SMILES string of the molecule is [O-][NH+]1C=C(F)C=C2C=CNC21. The third-order valence-corrected chi connectivity index (χ3v) is 1.74. The van der Waals surface area contributed by atoms with E-state index in [1.807, 2.05) is 0 Å². The fraction of sp³-hybridized carbons (Fsp3) is 0.143. The summed E-state index contributed by atoms with van der Waals surface area (Å²) in [5.41, 5.74) is 0.704. The molecule has 2 N–H and O–H groups in total. The highest BCUT2D eigenvalue weighted by Gasteiger charge is 2.24. The molecule has 0 saturated carbocycles. The fourth-order valence-electron chi connectivity index (χ4n) is 1.23.